The molecule has 1 heterocycles. The van der Waals surface area contributed by atoms with Gasteiger partial charge in [0.15, 0.2) is 6.61 Å². The molecule has 2 N–H and O–H groups in total. The van der Waals surface area contributed by atoms with Crippen LogP contribution in [0.2, 0.25) is 0 Å². The van der Waals surface area contributed by atoms with E-state index in [0.29, 0.717) is 0 Å². The summed E-state index contributed by atoms with van der Waals surface area (Å²) in [4.78, 5) is 24.7. The lowest BCUT2D eigenvalue weighted by Crippen LogP contribution is -2.42. The number of alkyl halides is 2. The molecule has 0 radical (unpaired) electrons. The molecular formula is C22H24F2N2O7S. The lowest BCUT2D eigenvalue weighted by Gasteiger charge is -2.22. The number of carbonyl (C=O) groups is 2. The third-order valence-corrected chi connectivity index (χ3v) is 7.17. The van der Waals surface area contributed by atoms with Crippen molar-refractivity contribution in [2.75, 3.05) is 18.5 Å². The Labute approximate surface area is 195 Å². The number of sulfonamides is 1. The van der Waals surface area contributed by atoms with E-state index < -0.39 is 47.3 Å². The summed E-state index contributed by atoms with van der Waals surface area (Å²) in [7, 11) is -4.10. The van der Waals surface area contributed by atoms with Gasteiger partial charge in [0.05, 0.1) is 11.0 Å². The van der Waals surface area contributed by atoms with Gasteiger partial charge in [0.1, 0.15) is 11.8 Å². The Balaban J connectivity index is 1.62. The van der Waals surface area contributed by atoms with E-state index in [4.69, 9.17) is 4.74 Å². The molecule has 1 aliphatic rings. The molecule has 2 aromatic rings. The first kappa shape index (κ1) is 25.5. The molecule has 1 saturated heterocycles. The van der Waals surface area contributed by atoms with Crippen molar-refractivity contribution < 1.29 is 41.4 Å². The molecule has 2 atom stereocenters. The maximum Gasteiger partial charge on any atom is 0.387 e. The number of nitrogens with zero attached hydrogens (tertiary/aromatic N) is 1. The van der Waals surface area contributed by atoms with Gasteiger partial charge in [-0.15, -0.1) is 0 Å². The normalized spacial score (nSPS) is 18.6. The number of anilines is 1. The molecule has 9 nitrogen and oxygen atoms in total. The second kappa shape index (κ2) is 10.5. The highest BCUT2D eigenvalue weighted by Crippen LogP contribution is 2.28. The van der Waals surface area contributed by atoms with Crippen LogP contribution >= 0.6 is 0 Å². The van der Waals surface area contributed by atoms with Crippen molar-refractivity contribution in [3.05, 3.63) is 53.6 Å². The van der Waals surface area contributed by atoms with Gasteiger partial charge >= 0.3 is 12.6 Å². The number of hydrogen-bond donors (Lipinski definition) is 2. The molecular weight excluding hydrogens is 474 g/mol. The zero-order chi connectivity index (χ0) is 25.0. The van der Waals surface area contributed by atoms with Gasteiger partial charge in [-0.2, -0.15) is 13.1 Å². The van der Waals surface area contributed by atoms with Crippen molar-refractivity contribution in [2.45, 2.75) is 43.9 Å². The number of ether oxygens (including phenoxy) is 2. The molecule has 1 unspecified atom stereocenters. The van der Waals surface area contributed by atoms with E-state index in [1.165, 1.54) is 36.4 Å². The number of aryl methyl sites for hydroxylation is 2. The topological polar surface area (TPSA) is 122 Å². The fraction of sp³-hybridized carbons (Fsp3) is 0.364. The second-order valence-electron chi connectivity index (χ2n) is 7.78. The summed E-state index contributed by atoms with van der Waals surface area (Å²) in [5.74, 6) is -1.79. The fourth-order valence-electron chi connectivity index (χ4n) is 3.42. The van der Waals surface area contributed by atoms with Crippen molar-refractivity contribution in [3.8, 4) is 5.75 Å². The molecule has 1 fully saturated rings. The Kier molecular flexibility index (Phi) is 7.85. The lowest BCUT2D eigenvalue weighted by atomic mass is 10.1. The highest BCUT2D eigenvalue weighted by Gasteiger charge is 2.44. The Morgan fingerprint density at radius 2 is 1.82 bits per heavy atom. The van der Waals surface area contributed by atoms with Crippen LogP contribution in [0, 0.1) is 13.8 Å². The number of nitrogens with one attached hydrogen (secondary N) is 1. The van der Waals surface area contributed by atoms with Crippen LogP contribution < -0.4 is 10.1 Å². The number of esters is 1. The van der Waals surface area contributed by atoms with Crippen molar-refractivity contribution in [3.63, 3.8) is 0 Å². The molecule has 34 heavy (non-hydrogen) atoms. The molecule has 0 bridgehead atoms. The Hall–Kier alpha value is -3.09. The van der Waals surface area contributed by atoms with Gasteiger partial charge in [-0.05, 0) is 61.4 Å². The number of halogens is 2. The van der Waals surface area contributed by atoms with Crippen LogP contribution in [0.15, 0.2) is 47.4 Å². The number of benzene rings is 2. The first-order valence-corrected chi connectivity index (χ1v) is 11.7. The van der Waals surface area contributed by atoms with E-state index in [9.17, 15) is 31.9 Å². The Bertz CT molecular complexity index is 1160. The predicted octanol–water partition coefficient (Wildman–Crippen LogP) is 2.21. The van der Waals surface area contributed by atoms with E-state index in [1.54, 1.807) is 13.0 Å². The van der Waals surface area contributed by atoms with Crippen molar-refractivity contribution >= 4 is 27.6 Å². The third-order valence-electron chi connectivity index (χ3n) is 5.30. The quantitative estimate of drug-likeness (QED) is 0.535. The minimum absolute atomic E-state index is 0.0143. The molecule has 2 aromatic carbocycles. The zero-order valence-electron chi connectivity index (χ0n) is 18.4. The van der Waals surface area contributed by atoms with Crippen LogP contribution in [0.5, 0.6) is 5.75 Å². The highest BCUT2D eigenvalue weighted by atomic mass is 32.2. The molecule has 0 aromatic heterocycles. The molecule has 0 spiro atoms. The van der Waals surface area contributed by atoms with Crippen LogP contribution in [-0.4, -0.2) is 61.6 Å². The van der Waals surface area contributed by atoms with E-state index in [1.807, 2.05) is 6.92 Å². The molecule has 12 heteroatoms. The van der Waals surface area contributed by atoms with E-state index in [-0.39, 0.29) is 29.3 Å². The molecule has 184 valence electrons. The minimum atomic E-state index is -4.10. The predicted molar refractivity (Wildman–Crippen MR) is 117 cm³/mol. The van der Waals surface area contributed by atoms with Gasteiger partial charge in [0.25, 0.3) is 5.91 Å². The largest absolute Gasteiger partial charge is 0.454 e. The SMILES string of the molecule is Cc1ccc(S(=O)(=O)N2CC(O)C[C@H]2C(=O)OCC(=O)Nc2ccc(OC(F)F)cc2)cc1C. The molecule has 0 aliphatic carbocycles. The van der Waals surface area contributed by atoms with Crippen molar-refractivity contribution in [1.29, 1.82) is 0 Å². The Morgan fingerprint density at radius 3 is 2.44 bits per heavy atom. The number of aliphatic hydroxyl groups excluding tert-OH is 1. The van der Waals surface area contributed by atoms with Gasteiger partial charge in [0, 0.05) is 18.7 Å². The zero-order valence-corrected chi connectivity index (χ0v) is 19.2. The summed E-state index contributed by atoms with van der Waals surface area (Å²) >= 11 is 0. The lowest BCUT2D eigenvalue weighted by molar-refractivity contribution is -0.150. The highest BCUT2D eigenvalue weighted by molar-refractivity contribution is 7.89. The van der Waals surface area contributed by atoms with Gasteiger partial charge in [-0.3, -0.25) is 9.59 Å². The van der Waals surface area contributed by atoms with E-state index in [2.05, 4.69) is 10.1 Å². The summed E-state index contributed by atoms with van der Waals surface area (Å²) in [5.41, 5.74) is 1.90. The van der Waals surface area contributed by atoms with Gasteiger partial charge < -0.3 is 19.9 Å². The number of β-amino-alcohol motifs (C(OH)–C–C–N with tert-alkyl or cyclic N) is 1. The standard InChI is InChI=1S/C22H24F2N2O7S/c1-13-3-8-18(9-14(13)2)34(30,31)26-11-16(27)10-19(26)21(29)32-12-20(28)25-15-4-6-17(7-5-15)33-22(23)24/h3-9,16,19,22,27H,10-12H2,1-2H3,(H,25,28)/t16?,19-/m0/s1. The molecule has 3 rings (SSSR count). The van der Waals surface area contributed by atoms with Crippen molar-refractivity contribution in [2.24, 2.45) is 0 Å². The molecule has 1 amide bonds. The summed E-state index contributed by atoms with van der Waals surface area (Å²) in [6.45, 7) is -0.377. The first-order valence-electron chi connectivity index (χ1n) is 10.3. The smallest absolute Gasteiger partial charge is 0.387 e. The second-order valence-corrected chi connectivity index (χ2v) is 9.68. The fourth-order valence-corrected chi connectivity index (χ4v) is 5.14. The number of carbonyl (C=O) groups excluding carboxylic acids is 2. The van der Waals surface area contributed by atoms with Crippen LogP contribution in [0.4, 0.5) is 14.5 Å². The average molecular weight is 499 g/mol. The van der Waals surface area contributed by atoms with E-state index >= 15 is 0 Å². The maximum atomic E-state index is 13.1. The molecule has 0 saturated carbocycles. The average Bonchev–Trinajstić information content (AvgIpc) is 3.17. The summed E-state index contributed by atoms with van der Waals surface area (Å²) in [5, 5.41) is 12.4. The Morgan fingerprint density at radius 1 is 1.15 bits per heavy atom. The summed E-state index contributed by atoms with van der Waals surface area (Å²) in [6, 6.07) is 8.37. The number of hydrogen-bond acceptors (Lipinski definition) is 7. The van der Waals surface area contributed by atoms with Gasteiger partial charge in [0.2, 0.25) is 10.0 Å². The number of amides is 1. The molecule has 1 aliphatic heterocycles. The van der Waals surface area contributed by atoms with Gasteiger partial charge in [-0.25, -0.2) is 8.42 Å². The van der Waals surface area contributed by atoms with Crippen LogP contribution in [0.1, 0.15) is 17.5 Å². The van der Waals surface area contributed by atoms with Crippen LogP contribution in [-0.2, 0) is 24.3 Å². The van der Waals surface area contributed by atoms with Crippen LogP contribution in [0.3, 0.4) is 0 Å². The van der Waals surface area contributed by atoms with Gasteiger partial charge in [-0.1, -0.05) is 6.07 Å². The minimum Gasteiger partial charge on any atom is -0.454 e. The monoisotopic (exact) mass is 498 g/mol. The van der Waals surface area contributed by atoms with Crippen molar-refractivity contribution in [1.82, 2.24) is 4.31 Å². The summed E-state index contributed by atoms with van der Waals surface area (Å²) in [6.07, 6.45) is -1.24. The number of aliphatic hydroxyl groups is 1. The van der Waals surface area contributed by atoms with Crippen LogP contribution in [0.25, 0.3) is 0 Å². The first-order chi connectivity index (χ1) is 16.0. The third kappa shape index (κ3) is 6.07. The number of rotatable bonds is 8. The maximum absolute atomic E-state index is 13.1. The van der Waals surface area contributed by atoms with E-state index in [0.717, 1.165) is 15.4 Å². The summed E-state index contributed by atoms with van der Waals surface area (Å²) < 4.78 is 60.7.